The second kappa shape index (κ2) is 7.79. The molecule has 0 saturated carbocycles. The highest BCUT2D eigenvalue weighted by molar-refractivity contribution is 5.81. The highest BCUT2D eigenvalue weighted by atomic mass is 16.5. The minimum atomic E-state index is -0.479. The first kappa shape index (κ1) is 17.0. The molecule has 25 heavy (non-hydrogen) atoms. The van der Waals surface area contributed by atoms with E-state index in [1.165, 1.54) is 22.3 Å². The van der Waals surface area contributed by atoms with E-state index in [0.717, 1.165) is 6.08 Å². The van der Waals surface area contributed by atoms with Gasteiger partial charge in [0, 0.05) is 18.4 Å². The number of benzene rings is 2. The molecule has 4 heteroatoms. The number of fused-ring (bicyclic) bond motifs is 3. The summed E-state index contributed by atoms with van der Waals surface area (Å²) < 4.78 is 10.3. The van der Waals surface area contributed by atoms with E-state index >= 15 is 0 Å². The van der Waals surface area contributed by atoms with Gasteiger partial charge in [-0.25, -0.2) is 4.79 Å². The van der Waals surface area contributed by atoms with Crippen molar-refractivity contribution in [3.8, 4) is 11.1 Å². The molecule has 1 aliphatic rings. The van der Waals surface area contributed by atoms with Crippen LogP contribution in [0.2, 0.25) is 0 Å². The molecule has 0 saturated heterocycles. The van der Waals surface area contributed by atoms with E-state index in [0.29, 0.717) is 13.0 Å². The minimum absolute atomic E-state index is 0.0648. The maximum atomic E-state index is 12.0. The summed E-state index contributed by atoms with van der Waals surface area (Å²) in [6, 6.07) is 16.4. The quantitative estimate of drug-likeness (QED) is 0.438. The number of hydrogen-bond donors (Lipinski definition) is 0. The van der Waals surface area contributed by atoms with Crippen molar-refractivity contribution in [3.05, 3.63) is 72.3 Å². The first-order valence-electron chi connectivity index (χ1n) is 8.33. The van der Waals surface area contributed by atoms with Gasteiger partial charge in [0.1, 0.15) is 6.61 Å². The van der Waals surface area contributed by atoms with Crippen LogP contribution in [-0.4, -0.2) is 25.2 Å². The zero-order valence-electron chi connectivity index (χ0n) is 13.9. The normalized spacial score (nSPS) is 12.2. The fraction of sp³-hybridized carbons (Fsp3) is 0.238. The van der Waals surface area contributed by atoms with Crippen molar-refractivity contribution in [3.63, 3.8) is 0 Å². The van der Waals surface area contributed by atoms with Gasteiger partial charge < -0.3 is 9.47 Å². The second-order valence-corrected chi connectivity index (χ2v) is 5.89. The lowest BCUT2D eigenvalue weighted by molar-refractivity contribution is -0.145. The SMILES string of the molecule is C=CC(=O)OCCCC(=O)OCC1c2ccccc2-c2ccccc21. The van der Waals surface area contributed by atoms with Gasteiger partial charge in [-0.15, -0.1) is 0 Å². The van der Waals surface area contributed by atoms with Crippen molar-refractivity contribution >= 4 is 11.9 Å². The van der Waals surface area contributed by atoms with Crippen LogP contribution in [0, 0.1) is 0 Å². The average Bonchev–Trinajstić information content (AvgIpc) is 2.97. The third kappa shape index (κ3) is 3.79. The molecular formula is C21H20O4. The van der Waals surface area contributed by atoms with E-state index in [2.05, 4.69) is 30.8 Å². The summed E-state index contributed by atoms with van der Waals surface area (Å²) in [6.07, 6.45) is 1.77. The largest absolute Gasteiger partial charge is 0.465 e. The van der Waals surface area contributed by atoms with E-state index in [-0.39, 0.29) is 24.9 Å². The smallest absolute Gasteiger partial charge is 0.330 e. The zero-order chi connectivity index (χ0) is 17.6. The average molecular weight is 336 g/mol. The Hall–Kier alpha value is -2.88. The number of esters is 2. The number of rotatable bonds is 7. The van der Waals surface area contributed by atoms with Gasteiger partial charge in [-0.2, -0.15) is 0 Å². The Morgan fingerprint density at radius 1 is 0.960 bits per heavy atom. The predicted octanol–water partition coefficient (Wildman–Crippen LogP) is 3.85. The van der Waals surface area contributed by atoms with Crippen molar-refractivity contribution in [1.82, 2.24) is 0 Å². The van der Waals surface area contributed by atoms with Crippen LogP contribution in [0.15, 0.2) is 61.2 Å². The zero-order valence-corrected chi connectivity index (χ0v) is 13.9. The minimum Gasteiger partial charge on any atom is -0.465 e. The van der Waals surface area contributed by atoms with Gasteiger partial charge in [0.2, 0.25) is 0 Å². The lowest BCUT2D eigenvalue weighted by Gasteiger charge is -2.14. The van der Waals surface area contributed by atoms with E-state index in [4.69, 9.17) is 9.47 Å². The fourth-order valence-electron chi connectivity index (χ4n) is 3.14. The van der Waals surface area contributed by atoms with Crippen LogP contribution in [0.1, 0.15) is 29.9 Å². The van der Waals surface area contributed by atoms with Gasteiger partial charge >= 0.3 is 11.9 Å². The first-order chi connectivity index (χ1) is 12.2. The molecule has 0 N–H and O–H groups in total. The molecule has 0 spiro atoms. The van der Waals surface area contributed by atoms with Gasteiger partial charge in [0.25, 0.3) is 0 Å². The van der Waals surface area contributed by atoms with Gasteiger partial charge in [0.05, 0.1) is 6.61 Å². The molecule has 0 radical (unpaired) electrons. The number of ether oxygens (including phenoxy) is 2. The molecule has 0 atom stereocenters. The van der Waals surface area contributed by atoms with Crippen molar-refractivity contribution in [2.24, 2.45) is 0 Å². The predicted molar refractivity (Wildman–Crippen MR) is 95.1 cm³/mol. The maximum Gasteiger partial charge on any atom is 0.330 e. The van der Waals surface area contributed by atoms with Crippen LogP contribution in [0.3, 0.4) is 0 Å². The summed E-state index contributed by atoms with van der Waals surface area (Å²) in [6.45, 7) is 3.83. The Kier molecular flexibility index (Phi) is 5.29. The third-order valence-corrected chi connectivity index (χ3v) is 4.31. The molecule has 0 bridgehead atoms. The highest BCUT2D eigenvalue weighted by Crippen LogP contribution is 2.44. The molecule has 4 nitrogen and oxygen atoms in total. The summed E-state index contributed by atoms with van der Waals surface area (Å²) in [5.74, 6) is -0.695. The summed E-state index contributed by atoms with van der Waals surface area (Å²) in [4.78, 5) is 22.9. The summed E-state index contributed by atoms with van der Waals surface area (Å²) in [7, 11) is 0. The van der Waals surface area contributed by atoms with Crippen LogP contribution in [0.4, 0.5) is 0 Å². The molecule has 0 fully saturated rings. The molecule has 2 aromatic rings. The van der Waals surface area contributed by atoms with Crippen LogP contribution in [0.25, 0.3) is 11.1 Å². The Morgan fingerprint density at radius 2 is 1.56 bits per heavy atom. The molecule has 0 unspecified atom stereocenters. The van der Waals surface area contributed by atoms with Gasteiger partial charge in [-0.05, 0) is 28.7 Å². The first-order valence-corrected chi connectivity index (χ1v) is 8.33. The Morgan fingerprint density at radius 3 is 2.16 bits per heavy atom. The molecule has 0 heterocycles. The molecule has 2 aromatic carbocycles. The molecule has 0 aromatic heterocycles. The van der Waals surface area contributed by atoms with Crippen LogP contribution >= 0.6 is 0 Å². The molecular weight excluding hydrogens is 316 g/mol. The van der Waals surface area contributed by atoms with Crippen molar-refractivity contribution in [1.29, 1.82) is 0 Å². The Balaban J connectivity index is 1.57. The van der Waals surface area contributed by atoms with E-state index < -0.39 is 5.97 Å². The van der Waals surface area contributed by atoms with Gasteiger partial charge in [-0.1, -0.05) is 55.1 Å². The molecule has 0 aliphatic heterocycles. The fourth-order valence-corrected chi connectivity index (χ4v) is 3.14. The molecule has 3 rings (SSSR count). The number of carbonyl (C=O) groups is 2. The summed E-state index contributed by atoms with van der Waals surface area (Å²) >= 11 is 0. The number of hydrogen-bond acceptors (Lipinski definition) is 4. The van der Waals surface area contributed by atoms with Crippen LogP contribution in [0.5, 0.6) is 0 Å². The summed E-state index contributed by atoms with van der Waals surface area (Å²) in [5.41, 5.74) is 4.79. The summed E-state index contributed by atoms with van der Waals surface area (Å²) in [5, 5.41) is 0. The molecule has 0 amide bonds. The van der Waals surface area contributed by atoms with Gasteiger partial charge in [0.15, 0.2) is 0 Å². The topological polar surface area (TPSA) is 52.6 Å². The lowest BCUT2D eigenvalue weighted by Crippen LogP contribution is -2.13. The van der Waals surface area contributed by atoms with Crippen molar-refractivity contribution in [2.45, 2.75) is 18.8 Å². The molecule has 128 valence electrons. The van der Waals surface area contributed by atoms with E-state index in [9.17, 15) is 9.59 Å². The molecule has 1 aliphatic carbocycles. The van der Waals surface area contributed by atoms with Gasteiger partial charge in [-0.3, -0.25) is 4.79 Å². The third-order valence-electron chi connectivity index (χ3n) is 4.31. The van der Waals surface area contributed by atoms with Crippen molar-refractivity contribution in [2.75, 3.05) is 13.2 Å². The highest BCUT2D eigenvalue weighted by Gasteiger charge is 2.28. The standard InChI is InChI=1S/C21H20O4/c1-2-20(22)24-13-7-12-21(23)25-14-19-17-10-5-3-8-15(17)16-9-4-6-11-18(16)19/h2-6,8-11,19H,1,7,12-14H2. The van der Waals surface area contributed by atoms with E-state index in [1.54, 1.807) is 0 Å². The Labute approximate surface area is 147 Å². The van der Waals surface area contributed by atoms with E-state index in [1.807, 2.05) is 24.3 Å². The Bertz CT molecular complexity index is 748. The lowest BCUT2D eigenvalue weighted by atomic mass is 9.98. The second-order valence-electron chi connectivity index (χ2n) is 5.89. The van der Waals surface area contributed by atoms with Crippen LogP contribution in [-0.2, 0) is 19.1 Å². The van der Waals surface area contributed by atoms with Crippen molar-refractivity contribution < 1.29 is 19.1 Å². The number of carbonyl (C=O) groups excluding carboxylic acids is 2. The monoisotopic (exact) mass is 336 g/mol. The maximum absolute atomic E-state index is 12.0. The van der Waals surface area contributed by atoms with Crippen LogP contribution < -0.4 is 0 Å².